The highest BCUT2D eigenvalue weighted by Gasteiger charge is 2.22. The van der Waals surface area contributed by atoms with Gasteiger partial charge in [0.05, 0.1) is 4.90 Å². The Kier molecular flexibility index (Phi) is 4.65. The molecule has 0 aromatic carbocycles. The number of nitrogens with two attached hydrogens (primary N) is 1. The van der Waals surface area contributed by atoms with Crippen LogP contribution < -0.4 is 10.5 Å². The van der Waals surface area contributed by atoms with Crippen molar-refractivity contribution in [2.75, 3.05) is 6.54 Å². The first-order valence-corrected chi connectivity index (χ1v) is 8.36. The molecule has 0 spiro atoms. The van der Waals surface area contributed by atoms with Crippen molar-refractivity contribution in [3.05, 3.63) is 18.0 Å². The molecule has 0 amide bonds. The number of sulfonamides is 1. The summed E-state index contributed by atoms with van der Waals surface area (Å²) in [5.41, 5.74) is 6.19. The van der Waals surface area contributed by atoms with Crippen molar-refractivity contribution in [3.63, 3.8) is 0 Å². The van der Waals surface area contributed by atoms with E-state index in [4.69, 9.17) is 5.73 Å². The van der Waals surface area contributed by atoms with Gasteiger partial charge in [-0.25, -0.2) is 13.1 Å². The first kappa shape index (κ1) is 14.6. The topological polar surface area (TPSA) is 88.0 Å². The predicted molar refractivity (Wildman–Crippen MR) is 75.0 cm³/mol. The van der Waals surface area contributed by atoms with Gasteiger partial charge in [-0.1, -0.05) is 19.8 Å². The number of aromatic amines is 1. The largest absolute Gasteiger partial charge is 0.363 e. The molecular formula is C13H23N3O2S. The maximum absolute atomic E-state index is 12.1. The second kappa shape index (κ2) is 6.07. The molecule has 0 radical (unpaired) electrons. The molecule has 1 aliphatic rings. The van der Waals surface area contributed by atoms with E-state index in [0.29, 0.717) is 24.9 Å². The summed E-state index contributed by atoms with van der Waals surface area (Å²) in [7, 11) is -3.40. The van der Waals surface area contributed by atoms with Gasteiger partial charge in [0.25, 0.3) is 0 Å². The van der Waals surface area contributed by atoms with Gasteiger partial charge in [0.1, 0.15) is 0 Å². The lowest BCUT2D eigenvalue weighted by atomic mass is 9.83. The molecule has 19 heavy (non-hydrogen) atoms. The van der Waals surface area contributed by atoms with Gasteiger partial charge in [0.15, 0.2) is 0 Å². The van der Waals surface area contributed by atoms with E-state index < -0.39 is 10.0 Å². The first-order valence-electron chi connectivity index (χ1n) is 6.88. The highest BCUT2D eigenvalue weighted by atomic mass is 32.2. The number of hydrogen-bond acceptors (Lipinski definition) is 3. The minimum atomic E-state index is -3.40. The van der Waals surface area contributed by atoms with Gasteiger partial charge in [-0.2, -0.15) is 0 Å². The van der Waals surface area contributed by atoms with E-state index in [-0.39, 0.29) is 4.90 Å². The second-order valence-electron chi connectivity index (χ2n) is 5.55. The van der Waals surface area contributed by atoms with Crippen molar-refractivity contribution >= 4 is 10.0 Å². The van der Waals surface area contributed by atoms with Crippen LogP contribution in [0.1, 0.15) is 38.3 Å². The number of rotatable bonds is 5. The highest BCUT2D eigenvalue weighted by molar-refractivity contribution is 7.89. The van der Waals surface area contributed by atoms with E-state index in [1.54, 1.807) is 6.07 Å². The van der Waals surface area contributed by atoms with Crippen molar-refractivity contribution in [2.24, 2.45) is 17.6 Å². The standard InChI is InChI=1S/C13H23N3O2S/c1-10-3-2-4-11(5-10)8-16-19(17,18)13-6-12(7-14)15-9-13/h6,9-11,15-16H,2-5,7-8,14H2,1H3. The zero-order valence-corrected chi connectivity index (χ0v) is 12.2. The quantitative estimate of drug-likeness (QED) is 0.767. The van der Waals surface area contributed by atoms with Crippen LogP contribution in [0.3, 0.4) is 0 Å². The fraction of sp³-hybridized carbons (Fsp3) is 0.692. The molecule has 1 aromatic heterocycles. The van der Waals surface area contributed by atoms with Crippen molar-refractivity contribution in [3.8, 4) is 0 Å². The molecule has 6 heteroatoms. The summed E-state index contributed by atoms with van der Waals surface area (Å²) in [4.78, 5) is 3.14. The second-order valence-corrected chi connectivity index (χ2v) is 7.32. The molecule has 5 nitrogen and oxygen atoms in total. The third-order valence-corrected chi connectivity index (χ3v) is 5.26. The predicted octanol–water partition coefficient (Wildman–Crippen LogP) is 1.58. The van der Waals surface area contributed by atoms with E-state index in [2.05, 4.69) is 16.6 Å². The van der Waals surface area contributed by atoms with Crippen LogP contribution in [0.25, 0.3) is 0 Å². The summed E-state index contributed by atoms with van der Waals surface area (Å²) in [5, 5.41) is 0. The summed E-state index contributed by atoms with van der Waals surface area (Å²) in [6, 6.07) is 1.59. The van der Waals surface area contributed by atoms with Crippen molar-refractivity contribution < 1.29 is 8.42 Å². The molecule has 0 aliphatic heterocycles. The molecule has 2 rings (SSSR count). The molecule has 1 saturated carbocycles. The monoisotopic (exact) mass is 285 g/mol. The first-order chi connectivity index (χ1) is 9.01. The summed E-state index contributed by atoms with van der Waals surface area (Å²) in [6.45, 7) is 3.09. The number of nitrogens with one attached hydrogen (secondary N) is 2. The number of aromatic nitrogens is 1. The third-order valence-electron chi connectivity index (χ3n) is 3.85. The normalized spacial score (nSPS) is 24.5. The van der Waals surface area contributed by atoms with Crippen LogP contribution in [0.15, 0.2) is 17.2 Å². The van der Waals surface area contributed by atoms with Gasteiger partial charge in [0.2, 0.25) is 10.0 Å². The molecule has 2 atom stereocenters. The number of H-pyrrole nitrogens is 1. The fourth-order valence-electron chi connectivity index (χ4n) is 2.75. The van der Waals surface area contributed by atoms with E-state index in [1.807, 2.05) is 0 Å². The van der Waals surface area contributed by atoms with Gasteiger partial charge < -0.3 is 10.7 Å². The average Bonchev–Trinajstić information content (AvgIpc) is 2.86. The van der Waals surface area contributed by atoms with Gasteiger partial charge in [0, 0.05) is 25.0 Å². The Morgan fingerprint density at radius 1 is 1.47 bits per heavy atom. The van der Waals surface area contributed by atoms with Crippen LogP contribution in [-0.2, 0) is 16.6 Å². The smallest absolute Gasteiger partial charge is 0.242 e. The molecule has 2 unspecified atom stereocenters. The molecular weight excluding hydrogens is 262 g/mol. The van der Waals surface area contributed by atoms with E-state index >= 15 is 0 Å². The van der Waals surface area contributed by atoms with Crippen molar-refractivity contribution in [2.45, 2.75) is 44.0 Å². The fourth-order valence-corrected chi connectivity index (χ4v) is 3.88. The SMILES string of the molecule is CC1CCCC(CNS(=O)(=O)c2c[nH]c(CN)c2)C1. The molecule has 108 valence electrons. The van der Waals surface area contributed by atoms with Crippen LogP contribution in [-0.4, -0.2) is 19.9 Å². The van der Waals surface area contributed by atoms with Gasteiger partial charge in [-0.15, -0.1) is 0 Å². The maximum Gasteiger partial charge on any atom is 0.242 e. The Balaban J connectivity index is 1.93. The maximum atomic E-state index is 12.1. The lowest BCUT2D eigenvalue weighted by molar-refractivity contribution is 0.283. The van der Waals surface area contributed by atoms with Gasteiger partial charge in [-0.05, 0) is 30.7 Å². The molecule has 1 heterocycles. The van der Waals surface area contributed by atoms with Crippen LogP contribution in [0.2, 0.25) is 0 Å². The summed E-state index contributed by atoms with van der Waals surface area (Å²) >= 11 is 0. The van der Waals surface area contributed by atoms with E-state index in [0.717, 1.165) is 18.5 Å². The molecule has 1 fully saturated rings. The van der Waals surface area contributed by atoms with Crippen molar-refractivity contribution in [1.29, 1.82) is 0 Å². The Hall–Kier alpha value is -0.850. The Labute approximate surface area is 115 Å². The third kappa shape index (κ3) is 3.81. The molecule has 0 bridgehead atoms. The molecule has 1 aromatic rings. The van der Waals surface area contributed by atoms with Gasteiger partial charge in [-0.3, -0.25) is 0 Å². The minimum absolute atomic E-state index is 0.275. The van der Waals surface area contributed by atoms with Crippen LogP contribution in [0.4, 0.5) is 0 Å². The summed E-state index contributed by atoms with van der Waals surface area (Å²) in [5.74, 6) is 1.17. The molecule has 1 aliphatic carbocycles. The lowest BCUT2D eigenvalue weighted by Gasteiger charge is -2.26. The zero-order chi connectivity index (χ0) is 13.9. The van der Waals surface area contributed by atoms with Crippen LogP contribution in [0, 0.1) is 11.8 Å². The zero-order valence-electron chi connectivity index (χ0n) is 11.4. The van der Waals surface area contributed by atoms with Gasteiger partial charge >= 0.3 is 0 Å². The Bertz CT molecular complexity index is 510. The van der Waals surface area contributed by atoms with Crippen molar-refractivity contribution in [1.82, 2.24) is 9.71 Å². The highest BCUT2D eigenvalue weighted by Crippen LogP contribution is 2.28. The molecule has 0 saturated heterocycles. The van der Waals surface area contributed by atoms with E-state index in [1.165, 1.54) is 19.0 Å². The summed E-state index contributed by atoms with van der Waals surface area (Å²) in [6.07, 6.45) is 6.20. The van der Waals surface area contributed by atoms with E-state index in [9.17, 15) is 8.42 Å². The Morgan fingerprint density at radius 3 is 2.89 bits per heavy atom. The van der Waals surface area contributed by atoms with Crippen LogP contribution >= 0.6 is 0 Å². The Morgan fingerprint density at radius 2 is 2.26 bits per heavy atom. The van der Waals surface area contributed by atoms with Crippen LogP contribution in [0.5, 0.6) is 0 Å². The minimum Gasteiger partial charge on any atom is -0.363 e. The summed E-state index contributed by atoms with van der Waals surface area (Å²) < 4.78 is 26.9. The number of hydrogen-bond donors (Lipinski definition) is 3. The lowest BCUT2D eigenvalue weighted by Crippen LogP contribution is -2.31. The average molecular weight is 285 g/mol. The molecule has 4 N–H and O–H groups in total.